The molecule has 1 aliphatic rings. The third-order valence-electron chi connectivity index (χ3n) is 4.65. The summed E-state index contributed by atoms with van der Waals surface area (Å²) in [5, 5.41) is 4.65. The van der Waals surface area contributed by atoms with Crippen molar-refractivity contribution in [3.05, 3.63) is 52.2 Å². The molecular formula is C20H24N2O5S2. The second-order valence-electron chi connectivity index (χ2n) is 6.72. The molecule has 2 heterocycles. The molecule has 1 N–H and O–H groups in total. The van der Waals surface area contributed by atoms with Gasteiger partial charge in [0, 0.05) is 24.5 Å². The molecule has 1 saturated heterocycles. The highest BCUT2D eigenvalue weighted by Crippen LogP contribution is 2.24. The Hall–Kier alpha value is -2.23. The van der Waals surface area contributed by atoms with Gasteiger partial charge in [-0.15, -0.1) is 11.3 Å². The maximum atomic E-state index is 12.9. The topological polar surface area (TPSA) is 92.8 Å². The standard InChI is InChI=1S/C20H24N2O5S2/c23-19(21-11-10-16-7-6-14-28-16)15-27-20(24)17-8-2-3-9-18(17)29(25,26)22-12-4-1-5-13-22/h2-3,6-9,14H,1,4-5,10-13,15H2,(H,21,23). The first-order valence-corrected chi connectivity index (χ1v) is 11.9. The SMILES string of the molecule is O=C(COC(=O)c1ccccc1S(=O)(=O)N1CCCCC1)NCCc1cccs1. The molecule has 7 nitrogen and oxygen atoms in total. The first-order valence-electron chi connectivity index (χ1n) is 9.54. The van der Waals surface area contributed by atoms with Gasteiger partial charge in [0.25, 0.3) is 5.91 Å². The minimum absolute atomic E-state index is 0.0514. The van der Waals surface area contributed by atoms with E-state index < -0.39 is 28.5 Å². The highest BCUT2D eigenvalue weighted by atomic mass is 32.2. The van der Waals surface area contributed by atoms with Crippen LogP contribution in [0.25, 0.3) is 0 Å². The Labute approximate surface area is 174 Å². The van der Waals surface area contributed by atoms with Crippen LogP contribution in [0.2, 0.25) is 0 Å². The van der Waals surface area contributed by atoms with E-state index in [0.717, 1.165) is 24.1 Å². The Morgan fingerprint density at radius 1 is 1.07 bits per heavy atom. The molecule has 1 aromatic carbocycles. The van der Waals surface area contributed by atoms with Crippen LogP contribution in [0.15, 0.2) is 46.7 Å². The number of amides is 1. The van der Waals surface area contributed by atoms with E-state index in [1.165, 1.54) is 16.4 Å². The Morgan fingerprint density at radius 3 is 2.55 bits per heavy atom. The van der Waals surface area contributed by atoms with Crippen molar-refractivity contribution in [2.45, 2.75) is 30.6 Å². The molecule has 29 heavy (non-hydrogen) atoms. The summed E-state index contributed by atoms with van der Waals surface area (Å²) >= 11 is 1.61. The summed E-state index contributed by atoms with van der Waals surface area (Å²) in [6.45, 7) is 0.870. The fourth-order valence-electron chi connectivity index (χ4n) is 3.14. The van der Waals surface area contributed by atoms with Crippen LogP contribution in [0.3, 0.4) is 0 Å². The van der Waals surface area contributed by atoms with Gasteiger partial charge in [-0.2, -0.15) is 4.31 Å². The van der Waals surface area contributed by atoms with E-state index in [2.05, 4.69) is 5.32 Å². The molecule has 9 heteroatoms. The van der Waals surface area contributed by atoms with Crippen LogP contribution in [-0.2, 0) is 26.0 Å². The third-order valence-corrected chi connectivity index (χ3v) is 7.54. The molecule has 2 aromatic rings. The largest absolute Gasteiger partial charge is 0.452 e. The number of rotatable bonds is 8. The number of thiophene rings is 1. The zero-order valence-electron chi connectivity index (χ0n) is 16.0. The minimum Gasteiger partial charge on any atom is -0.452 e. The molecule has 0 atom stereocenters. The lowest BCUT2D eigenvalue weighted by Crippen LogP contribution is -2.36. The van der Waals surface area contributed by atoms with Crippen molar-refractivity contribution >= 4 is 33.2 Å². The number of hydrogen-bond acceptors (Lipinski definition) is 6. The Kier molecular flexibility index (Phi) is 7.40. The predicted molar refractivity (Wildman–Crippen MR) is 110 cm³/mol. The van der Waals surface area contributed by atoms with Crippen LogP contribution in [0.5, 0.6) is 0 Å². The maximum absolute atomic E-state index is 12.9. The molecule has 1 aromatic heterocycles. The number of ether oxygens (including phenoxy) is 1. The predicted octanol–water partition coefficient (Wildman–Crippen LogP) is 2.44. The average Bonchev–Trinajstić information content (AvgIpc) is 3.26. The number of piperidine rings is 1. The number of benzene rings is 1. The van der Waals surface area contributed by atoms with Gasteiger partial charge >= 0.3 is 5.97 Å². The highest BCUT2D eigenvalue weighted by Gasteiger charge is 2.30. The van der Waals surface area contributed by atoms with E-state index in [1.54, 1.807) is 23.5 Å². The summed E-state index contributed by atoms with van der Waals surface area (Å²) in [6.07, 6.45) is 3.31. The van der Waals surface area contributed by atoms with E-state index in [1.807, 2.05) is 17.5 Å². The minimum atomic E-state index is -3.78. The number of carbonyl (C=O) groups is 2. The molecule has 0 unspecified atom stereocenters. The fraction of sp³-hybridized carbons (Fsp3) is 0.400. The lowest BCUT2D eigenvalue weighted by molar-refractivity contribution is -0.124. The summed E-state index contributed by atoms with van der Waals surface area (Å²) < 4.78 is 32.4. The van der Waals surface area contributed by atoms with Crippen LogP contribution >= 0.6 is 11.3 Å². The van der Waals surface area contributed by atoms with Crippen molar-refractivity contribution in [3.8, 4) is 0 Å². The second kappa shape index (κ2) is 10.00. The van der Waals surface area contributed by atoms with Gasteiger partial charge in [-0.3, -0.25) is 4.79 Å². The van der Waals surface area contributed by atoms with Gasteiger partial charge in [0.15, 0.2) is 6.61 Å². The number of nitrogens with zero attached hydrogens (tertiary/aromatic N) is 1. The van der Waals surface area contributed by atoms with Crippen LogP contribution in [0, 0.1) is 0 Å². The maximum Gasteiger partial charge on any atom is 0.340 e. The number of nitrogens with one attached hydrogen (secondary N) is 1. The van der Waals surface area contributed by atoms with Crippen LogP contribution in [-0.4, -0.2) is 50.8 Å². The summed E-state index contributed by atoms with van der Waals surface area (Å²) in [5.41, 5.74) is -0.0514. The molecule has 0 radical (unpaired) electrons. The number of sulfonamides is 1. The quantitative estimate of drug-likeness (QED) is 0.642. The molecular weight excluding hydrogens is 412 g/mol. The van der Waals surface area contributed by atoms with E-state index in [0.29, 0.717) is 26.1 Å². The third kappa shape index (κ3) is 5.65. The smallest absolute Gasteiger partial charge is 0.340 e. The second-order valence-corrected chi connectivity index (χ2v) is 9.65. The molecule has 1 fully saturated rings. The van der Waals surface area contributed by atoms with Crippen molar-refractivity contribution < 1.29 is 22.7 Å². The molecule has 1 aliphatic heterocycles. The first-order chi connectivity index (χ1) is 14.0. The molecule has 156 valence electrons. The summed E-state index contributed by atoms with van der Waals surface area (Å²) in [5.74, 6) is -1.25. The van der Waals surface area contributed by atoms with Crippen molar-refractivity contribution in [1.82, 2.24) is 9.62 Å². The van der Waals surface area contributed by atoms with Crippen molar-refractivity contribution in [3.63, 3.8) is 0 Å². The van der Waals surface area contributed by atoms with Crippen LogP contribution in [0.4, 0.5) is 0 Å². The lowest BCUT2D eigenvalue weighted by Gasteiger charge is -2.26. The zero-order valence-corrected chi connectivity index (χ0v) is 17.6. The number of esters is 1. The lowest BCUT2D eigenvalue weighted by atomic mass is 10.2. The normalized spacial score (nSPS) is 15.0. The van der Waals surface area contributed by atoms with Crippen molar-refractivity contribution in [1.29, 1.82) is 0 Å². The van der Waals surface area contributed by atoms with E-state index in [9.17, 15) is 18.0 Å². The Morgan fingerprint density at radius 2 is 1.83 bits per heavy atom. The monoisotopic (exact) mass is 436 g/mol. The van der Waals surface area contributed by atoms with E-state index in [-0.39, 0.29) is 10.5 Å². The van der Waals surface area contributed by atoms with Gasteiger partial charge in [-0.1, -0.05) is 24.6 Å². The van der Waals surface area contributed by atoms with Gasteiger partial charge in [-0.05, 0) is 42.8 Å². The molecule has 0 bridgehead atoms. The van der Waals surface area contributed by atoms with Crippen LogP contribution in [0.1, 0.15) is 34.5 Å². The molecule has 0 spiro atoms. The summed E-state index contributed by atoms with van der Waals surface area (Å²) in [4.78, 5) is 25.5. The van der Waals surface area contributed by atoms with E-state index in [4.69, 9.17) is 4.74 Å². The van der Waals surface area contributed by atoms with Crippen molar-refractivity contribution in [2.75, 3.05) is 26.2 Å². The molecule has 0 saturated carbocycles. The Bertz CT molecular complexity index is 936. The molecule has 1 amide bonds. The average molecular weight is 437 g/mol. The number of carbonyl (C=O) groups excluding carboxylic acids is 2. The summed E-state index contributed by atoms with van der Waals surface area (Å²) in [7, 11) is -3.78. The van der Waals surface area contributed by atoms with Crippen LogP contribution < -0.4 is 5.32 Å². The van der Waals surface area contributed by atoms with Gasteiger partial charge in [0.2, 0.25) is 10.0 Å². The van der Waals surface area contributed by atoms with E-state index >= 15 is 0 Å². The zero-order chi connectivity index (χ0) is 20.7. The summed E-state index contributed by atoms with van der Waals surface area (Å²) in [6, 6.07) is 9.89. The number of hydrogen-bond donors (Lipinski definition) is 1. The first kappa shape index (κ1) is 21.5. The molecule has 0 aliphatic carbocycles. The van der Waals surface area contributed by atoms with Crippen molar-refractivity contribution in [2.24, 2.45) is 0 Å². The van der Waals surface area contributed by atoms with Gasteiger partial charge in [0.1, 0.15) is 0 Å². The van der Waals surface area contributed by atoms with Gasteiger partial charge < -0.3 is 10.1 Å². The van der Waals surface area contributed by atoms with Gasteiger partial charge in [-0.25, -0.2) is 13.2 Å². The fourth-order valence-corrected chi connectivity index (χ4v) is 5.55. The molecule has 3 rings (SSSR count). The van der Waals surface area contributed by atoms with Gasteiger partial charge in [0.05, 0.1) is 10.5 Å². The Balaban J connectivity index is 1.58. The highest BCUT2D eigenvalue weighted by molar-refractivity contribution is 7.89.